The van der Waals surface area contributed by atoms with Crippen LogP contribution in [0.2, 0.25) is 5.15 Å². The SMILES string of the molecule is CC(C)(C)OC(=O)N1CC=C(B2OC(C)(C)C(C)(C)O2)C1.Cc1cc(OC2CC(F)(F)C2)cc(CC(=O)Cc2ccc(C3=CCN(C(=O)OC(C)(C)C)C3)nn2)n1.Cc1cc(OC2CC(F)(F)C2)cc(CC(=O)Cc2ccc(Cl)nn2)n1. The molecule has 2 amide bonds. The Balaban J connectivity index is 0.000000185. The minimum absolute atomic E-state index is 0.0678. The summed E-state index contributed by atoms with van der Waals surface area (Å²) in [5.74, 6) is -4.58. The lowest BCUT2D eigenvalue weighted by atomic mass is 9.79. The maximum atomic E-state index is 13.1. The van der Waals surface area contributed by atoms with Crippen molar-refractivity contribution in [1.29, 1.82) is 0 Å². The van der Waals surface area contributed by atoms with E-state index in [2.05, 4.69) is 30.4 Å². The zero-order chi connectivity index (χ0) is 60.2. The van der Waals surface area contributed by atoms with Gasteiger partial charge in [-0.1, -0.05) is 23.8 Å². The number of hydrogen-bond donors (Lipinski definition) is 0. The molecule has 2 saturated carbocycles. The average Bonchev–Trinajstić information content (AvgIpc) is 4.30. The highest BCUT2D eigenvalue weighted by Crippen LogP contribution is 2.42. The maximum Gasteiger partial charge on any atom is 0.492 e. The van der Waals surface area contributed by atoms with E-state index in [-0.39, 0.29) is 98.6 Å². The summed E-state index contributed by atoms with van der Waals surface area (Å²) < 4.78 is 85.9. The van der Waals surface area contributed by atoms with Crippen molar-refractivity contribution in [2.24, 2.45) is 0 Å². The van der Waals surface area contributed by atoms with Gasteiger partial charge in [0.1, 0.15) is 46.5 Å². The lowest BCUT2D eigenvalue weighted by Crippen LogP contribution is -2.43. The summed E-state index contributed by atoms with van der Waals surface area (Å²) in [5, 5.41) is 16.2. The highest BCUT2D eigenvalue weighted by molar-refractivity contribution is 6.55. The summed E-state index contributed by atoms with van der Waals surface area (Å²) in [6, 6.07) is 13.3. The fourth-order valence-corrected chi connectivity index (χ4v) is 9.00. The van der Waals surface area contributed by atoms with Crippen LogP contribution in [-0.2, 0) is 54.1 Å². The Morgan fingerprint density at radius 3 is 1.45 bits per heavy atom. The summed E-state index contributed by atoms with van der Waals surface area (Å²) in [4.78, 5) is 61.1. The number of alkyl halides is 4. The summed E-state index contributed by atoms with van der Waals surface area (Å²) in [6.07, 6.45) is 1.41. The first-order valence-corrected chi connectivity index (χ1v) is 27.5. The largest absolute Gasteiger partial charge is 0.492 e. The van der Waals surface area contributed by atoms with E-state index in [9.17, 15) is 36.7 Å². The van der Waals surface area contributed by atoms with Gasteiger partial charge in [0.05, 0.1) is 59.1 Å². The van der Waals surface area contributed by atoms with Crippen LogP contribution >= 0.6 is 11.6 Å². The molecule has 9 rings (SSSR count). The third-order valence-electron chi connectivity index (χ3n) is 13.6. The number of aromatic nitrogens is 6. The molecule has 5 aliphatic rings. The Morgan fingerprint density at radius 1 is 0.610 bits per heavy atom. The smallest absolute Gasteiger partial charge is 0.490 e. The molecule has 442 valence electrons. The van der Waals surface area contributed by atoms with E-state index in [1.54, 1.807) is 72.2 Å². The lowest BCUT2D eigenvalue weighted by Gasteiger charge is -2.34. The second kappa shape index (κ2) is 25.1. The zero-order valence-electron chi connectivity index (χ0n) is 48.5. The third kappa shape index (κ3) is 18.5. The van der Waals surface area contributed by atoms with Crippen molar-refractivity contribution in [2.75, 3.05) is 26.2 Å². The normalized spacial score (nSPS) is 18.8. The molecule has 0 radical (unpaired) electrons. The van der Waals surface area contributed by atoms with Crippen molar-refractivity contribution in [2.45, 2.75) is 181 Å². The summed E-state index contributed by atoms with van der Waals surface area (Å²) in [6.45, 7) is 24.5. The lowest BCUT2D eigenvalue weighted by molar-refractivity contribution is -0.135. The number of ether oxygens (including phenoxy) is 4. The molecule has 3 aliphatic heterocycles. The number of nitrogens with zero attached hydrogens (tertiary/aromatic N) is 8. The number of amides is 2. The monoisotopic (exact) mass is 1160 g/mol. The van der Waals surface area contributed by atoms with Crippen LogP contribution < -0.4 is 9.47 Å². The van der Waals surface area contributed by atoms with Crippen molar-refractivity contribution in [3.05, 3.63) is 111 Å². The van der Waals surface area contributed by atoms with E-state index in [0.717, 1.165) is 11.0 Å². The third-order valence-corrected chi connectivity index (χ3v) is 13.8. The molecule has 0 bridgehead atoms. The fraction of sp³-hybridized carbons (Fsp3) is 0.552. The molecule has 2 aliphatic carbocycles. The average molecular weight is 1160 g/mol. The number of carbonyl (C=O) groups excluding carboxylic acids is 4. The van der Waals surface area contributed by atoms with E-state index >= 15 is 0 Å². The second-order valence-corrected chi connectivity index (χ2v) is 24.6. The maximum absolute atomic E-state index is 13.1. The Morgan fingerprint density at radius 2 is 1.04 bits per heavy atom. The highest BCUT2D eigenvalue weighted by Gasteiger charge is 2.53. The molecule has 3 fully saturated rings. The van der Waals surface area contributed by atoms with Gasteiger partial charge in [-0.2, -0.15) is 15.3 Å². The first-order valence-electron chi connectivity index (χ1n) is 27.1. The quantitative estimate of drug-likeness (QED) is 0.0850. The summed E-state index contributed by atoms with van der Waals surface area (Å²) in [5.41, 5.74) is 4.13. The van der Waals surface area contributed by atoms with Gasteiger partial charge >= 0.3 is 19.3 Å². The van der Waals surface area contributed by atoms with Gasteiger partial charge in [0.15, 0.2) is 5.15 Å². The molecule has 0 atom stereocenters. The molecule has 7 heterocycles. The summed E-state index contributed by atoms with van der Waals surface area (Å²) in [7, 11) is -0.387. The van der Waals surface area contributed by atoms with Gasteiger partial charge < -0.3 is 38.1 Å². The Labute approximate surface area is 481 Å². The van der Waals surface area contributed by atoms with Crippen molar-refractivity contribution in [3.63, 3.8) is 0 Å². The number of hydrogen-bond acceptors (Lipinski definition) is 16. The number of carbonyl (C=O) groups is 4. The minimum atomic E-state index is -2.66. The van der Waals surface area contributed by atoms with Crippen molar-refractivity contribution >= 4 is 48.0 Å². The zero-order valence-corrected chi connectivity index (χ0v) is 49.3. The van der Waals surface area contributed by atoms with Gasteiger partial charge in [0.25, 0.3) is 11.8 Å². The molecule has 0 N–H and O–H groups in total. The topological polar surface area (TPSA) is 207 Å². The molecule has 4 aromatic heterocycles. The Hall–Kier alpha value is -6.59. The van der Waals surface area contributed by atoms with Gasteiger partial charge in [-0.25, -0.2) is 27.2 Å². The van der Waals surface area contributed by atoms with Gasteiger partial charge in [0.2, 0.25) is 0 Å². The molecule has 18 nitrogen and oxygen atoms in total. The van der Waals surface area contributed by atoms with Crippen molar-refractivity contribution < 1.29 is 65.0 Å². The van der Waals surface area contributed by atoms with E-state index in [1.165, 1.54) is 0 Å². The molecule has 0 spiro atoms. The predicted molar refractivity (Wildman–Crippen MR) is 297 cm³/mol. The Kier molecular flexibility index (Phi) is 19.3. The Bertz CT molecular complexity index is 3010. The molecule has 0 aromatic carbocycles. The number of pyridine rings is 2. The number of halogens is 5. The van der Waals surface area contributed by atoms with Gasteiger partial charge in [-0.3, -0.25) is 19.6 Å². The van der Waals surface area contributed by atoms with Crippen LogP contribution in [0.25, 0.3) is 5.57 Å². The molecule has 24 heteroatoms. The van der Waals surface area contributed by atoms with Gasteiger partial charge in [-0.05, 0) is 118 Å². The fourth-order valence-electron chi connectivity index (χ4n) is 8.90. The van der Waals surface area contributed by atoms with Crippen LogP contribution in [0.5, 0.6) is 11.5 Å². The molecule has 0 unspecified atom stereocenters. The van der Waals surface area contributed by atoms with Crippen LogP contribution in [0.4, 0.5) is 27.2 Å². The highest BCUT2D eigenvalue weighted by atomic mass is 35.5. The number of aryl methyl sites for hydroxylation is 2. The van der Waals surface area contributed by atoms with E-state index in [4.69, 9.17) is 39.9 Å². The van der Waals surface area contributed by atoms with Gasteiger partial charge in [0, 0.05) is 93.8 Å². The molecule has 4 aromatic rings. The first kappa shape index (κ1) is 63.0. The van der Waals surface area contributed by atoms with Crippen LogP contribution in [0.15, 0.2) is 66.2 Å². The van der Waals surface area contributed by atoms with E-state index in [0.29, 0.717) is 77.5 Å². The molecular formula is C58H72BClF4N8O10. The second-order valence-electron chi connectivity index (χ2n) is 24.2. The van der Waals surface area contributed by atoms with Crippen LogP contribution in [0, 0.1) is 13.8 Å². The number of Topliss-reactive ketones (excluding diaryl/α,β-unsaturated/α-hetero) is 2. The summed E-state index contributed by atoms with van der Waals surface area (Å²) >= 11 is 5.66. The molecule has 1 saturated heterocycles. The molecule has 82 heavy (non-hydrogen) atoms. The van der Waals surface area contributed by atoms with Crippen molar-refractivity contribution in [3.8, 4) is 11.5 Å². The number of rotatable bonds is 14. The van der Waals surface area contributed by atoms with Crippen molar-refractivity contribution in [1.82, 2.24) is 40.2 Å². The predicted octanol–water partition coefficient (Wildman–Crippen LogP) is 10.5. The van der Waals surface area contributed by atoms with E-state index in [1.807, 2.05) is 81.4 Å². The van der Waals surface area contributed by atoms with Crippen LogP contribution in [0.1, 0.15) is 135 Å². The van der Waals surface area contributed by atoms with Crippen LogP contribution in [-0.4, -0.2) is 144 Å². The minimum Gasteiger partial charge on any atom is -0.490 e. The number of ketones is 2. The van der Waals surface area contributed by atoms with Crippen LogP contribution in [0.3, 0.4) is 0 Å². The molecular weight excluding hydrogens is 1090 g/mol. The van der Waals surface area contributed by atoms with E-state index < -0.39 is 35.3 Å². The van der Waals surface area contributed by atoms with Gasteiger partial charge in [-0.15, -0.1) is 5.10 Å². The standard InChI is InChI=1S/C26H30F2N4O4.C17H16ClF2N3O2.C15H26BNO4/c1-16-9-21(35-22-13-26(27,28)14-22)12-19(29-16)11-20(33)10-18-5-6-23(31-30-18)17-7-8-32(15-17)24(34)36-25(2,3)4;1-10-4-14(25-15-8-17(19,20)9-15)7-12(21-10)6-13(24)5-11-2-3-16(18)23-22-11;1-13(2,3)19-12(18)17-9-8-11(10-17)16-20-14(4,5)15(6,7)21-16/h5-7,9,12,22H,8,10-11,13-15H2,1-4H3;2-4,7,15H,5-6,8-9H2,1H3;8H,9-10H2,1-7H3. The first-order chi connectivity index (χ1) is 38.0.